The zero-order chi connectivity index (χ0) is 33.8. The lowest BCUT2D eigenvalue weighted by Gasteiger charge is -2.31. The molecule has 4 aromatic rings. The molecule has 5 rings (SSSR count). The van der Waals surface area contributed by atoms with Crippen molar-refractivity contribution in [3.63, 3.8) is 0 Å². The van der Waals surface area contributed by atoms with Crippen LogP contribution in [0.15, 0.2) is 58.1 Å². The van der Waals surface area contributed by atoms with Gasteiger partial charge in [-0.25, -0.2) is 18.0 Å². The number of halogens is 5. The minimum atomic E-state index is -1.58. The normalized spacial score (nSPS) is 13.6. The van der Waals surface area contributed by atoms with Gasteiger partial charge in [0.15, 0.2) is 17.7 Å². The number of piperidine rings is 1. The summed E-state index contributed by atoms with van der Waals surface area (Å²) in [4.78, 5) is 53.5. The molecule has 15 heteroatoms. The van der Waals surface area contributed by atoms with Crippen molar-refractivity contribution in [1.29, 1.82) is 0 Å². The number of nitrogens with zero attached hydrogens (tertiary/aromatic N) is 3. The van der Waals surface area contributed by atoms with Crippen molar-refractivity contribution < 1.29 is 32.2 Å². The van der Waals surface area contributed by atoms with E-state index >= 15 is 4.39 Å². The third kappa shape index (κ3) is 7.10. The highest BCUT2D eigenvalue weighted by Crippen LogP contribution is 2.30. The second-order valence-electron chi connectivity index (χ2n) is 10.9. The molecular weight excluding hydrogens is 664 g/mol. The van der Waals surface area contributed by atoms with Crippen LogP contribution in [0.1, 0.15) is 34.8 Å². The number of hydrogen-bond donors (Lipinski definition) is 1. The number of carbonyl (C=O) groups is 2. The Morgan fingerprint density at radius 1 is 1.02 bits per heavy atom. The summed E-state index contributed by atoms with van der Waals surface area (Å²) in [5, 5.41) is 3.12. The van der Waals surface area contributed by atoms with Gasteiger partial charge in [0.25, 0.3) is 11.5 Å². The average molecular weight is 694 g/mol. The predicted octanol–water partition coefficient (Wildman–Crippen LogP) is 5.40. The van der Waals surface area contributed by atoms with Gasteiger partial charge in [0.05, 0.1) is 40.3 Å². The molecule has 1 aliphatic heterocycles. The number of methoxy groups -OCH3 is 1. The molecule has 2 heterocycles. The molecule has 10 nitrogen and oxygen atoms in total. The molecule has 1 N–H and O–H groups in total. The number of hydrogen-bond acceptors (Lipinski definition) is 6. The Hall–Kier alpha value is -4.49. The second kappa shape index (κ2) is 14.5. The summed E-state index contributed by atoms with van der Waals surface area (Å²) in [7, 11) is 1.38. The Labute approximate surface area is 276 Å². The van der Waals surface area contributed by atoms with E-state index in [9.17, 15) is 28.0 Å². The molecule has 3 aromatic carbocycles. The lowest BCUT2D eigenvalue weighted by Crippen LogP contribution is -2.44. The fraction of sp³-hybridized carbons (Fsp3) is 0.312. The Morgan fingerprint density at radius 2 is 1.74 bits per heavy atom. The van der Waals surface area contributed by atoms with Crippen molar-refractivity contribution in [1.82, 2.24) is 14.0 Å². The zero-order valence-corrected chi connectivity index (χ0v) is 26.5. The molecule has 0 radical (unpaired) electrons. The van der Waals surface area contributed by atoms with Crippen molar-refractivity contribution in [3.8, 4) is 11.5 Å². The van der Waals surface area contributed by atoms with Gasteiger partial charge in [0.2, 0.25) is 6.41 Å². The molecule has 1 aromatic heterocycles. The van der Waals surface area contributed by atoms with Crippen LogP contribution in [-0.4, -0.2) is 66.0 Å². The second-order valence-corrected chi connectivity index (χ2v) is 11.7. The summed E-state index contributed by atoms with van der Waals surface area (Å²) in [6.45, 7) is -2.01. The first kappa shape index (κ1) is 33.9. The summed E-state index contributed by atoms with van der Waals surface area (Å²) in [6.07, 6.45) is -0.152. The summed E-state index contributed by atoms with van der Waals surface area (Å²) in [5.41, 5.74) is -0.530. The van der Waals surface area contributed by atoms with Gasteiger partial charge in [-0.3, -0.25) is 23.5 Å². The lowest BCUT2D eigenvalue weighted by molar-refractivity contribution is -0.119. The Kier molecular flexibility index (Phi) is 10.5. The maximum atomic E-state index is 15.2. The van der Waals surface area contributed by atoms with E-state index in [0.29, 0.717) is 43.6 Å². The van der Waals surface area contributed by atoms with Crippen molar-refractivity contribution in [3.05, 3.63) is 96.4 Å². The number of fused-ring (bicyclic) bond motifs is 1. The van der Waals surface area contributed by atoms with Crippen LogP contribution < -0.4 is 26.0 Å². The summed E-state index contributed by atoms with van der Waals surface area (Å²) in [6, 6.07) is 10.6. The standard InChI is InChI=1S/C32H29Cl2F3N4O6/c1-46-29-10-18(2-5-26(29)38-30(43)19-3-4-23(33)24(34)11-19)16-40-31(44)22-12-28(47-21(14-35)15-36)25(37)13-27(22)41(32(40)45)20-6-8-39(17-42)9-7-20/h2-5,10-13,17,20-21H,6-9,14-16H2,1H3,(H,38,43). The highest BCUT2D eigenvalue weighted by molar-refractivity contribution is 6.42. The van der Waals surface area contributed by atoms with E-state index in [-0.39, 0.29) is 38.8 Å². The number of carbonyl (C=O) groups excluding carboxylic acids is 2. The zero-order valence-electron chi connectivity index (χ0n) is 25.0. The monoisotopic (exact) mass is 692 g/mol. The number of alkyl halides is 2. The van der Waals surface area contributed by atoms with E-state index < -0.39 is 54.2 Å². The van der Waals surface area contributed by atoms with Gasteiger partial charge < -0.3 is 19.7 Å². The maximum Gasteiger partial charge on any atom is 0.332 e. The van der Waals surface area contributed by atoms with Crippen LogP contribution in [0.2, 0.25) is 10.0 Å². The number of likely N-dealkylation sites (tertiary alicyclic amines) is 1. The molecule has 1 saturated heterocycles. The quantitative estimate of drug-likeness (QED) is 0.211. The molecule has 1 aliphatic rings. The van der Waals surface area contributed by atoms with Gasteiger partial charge in [0.1, 0.15) is 19.1 Å². The highest BCUT2D eigenvalue weighted by Gasteiger charge is 2.26. The lowest BCUT2D eigenvalue weighted by atomic mass is 10.0. The first-order valence-corrected chi connectivity index (χ1v) is 15.2. The molecule has 1 fully saturated rings. The van der Waals surface area contributed by atoms with Crippen LogP contribution in [0, 0.1) is 5.82 Å². The van der Waals surface area contributed by atoms with Crippen molar-refractivity contribution in [2.45, 2.75) is 31.5 Å². The molecule has 0 unspecified atom stereocenters. The number of amides is 2. The van der Waals surface area contributed by atoms with Gasteiger partial charge in [-0.1, -0.05) is 29.3 Å². The number of benzene rings is 3. The first-order chi connectivity index (χ1) is 22.6. The van der Waals surface area contributed by atoms with Crippen LogP contribution in [0.5, 0.6) is 11.5 Å². The van der Waals surface area contributed by atoms with Gasteiger partial charge in [-0.05, 0) is 54.8 Å². The smallest absolute Gasteiger partial charge is 0.332 e. The number of ether oxygens (including phenoxy) is 2. The van der Waals surface area contributed by atoms with Crippen LogP contribution in [0.3, 0.4) is 0 Å². The molecule has 0 saturated carbocycles. The molecule has 0 spiro atoms. The van der Waals surface area contributed by atoms with Crippen LogP contribution >= 0.6 is 23.2 Å². The van der Waals surface area contributed by atoms with E-state index in [2.05, 4.69) is 5.32 Å². The number of anilines is 1. The third-order valence-corrected chi connectivity index (χ3v) is 8.65. The predicted molar refractivity (Wildman–Crippen MR) is 171 cm³/mol. The van der Waals surface area contributed by atoms with Gasteiger partial charge in [-0.2, -0.15) is 0 Å². The maximum absolute atomic E-state index is 15.2. The Morgan fingerprint density at radius 3 is 2.38 bits per heavy atom. The molecule has 0 bridgehead atoms. The van der Waals surface area contributed by atoms with E-state index in [1.54, 1.807) is 23.1 Å². The Balaban J connectivity index is 1.55. The fourth-order valence-corrected chi connectivity index (χ4v) is 5.74. The van der Waals surface area contributed by atoms with Gasteiger partial charge in [0, 0.05) is 30.8 Å². The Bertz CT molecular complexity index is 1940. The summed E-state index contributed by atoms with van der Waals surface area (Å²) in [5.74, 6) is -1.79. The van der Waals surface area contributed by atoms with Gasteiger partial charge >= 0.3 is 5.69 Å². The van der Waals surface area contributed by atoms with Gasteiger partial charge in [-0.15, -0.1) is 0 Å². The highest BCUT2D eigenvalue weighted by atomic mass is 35.5. The van der Waals surface area contributed by atoms with E-state index in [4.69, 9.17) is 32.7 Å². The number of nitrogens with one attached hydrogen (secondary N) is 1. The molecular formula is C32H29Cl2F3N4O6. The van der Waals surface area contributed by atoms with Crippen LogP contribution in [0.25, 0.3) is 10.9 Å². The summed E-state index contributed by atoms with van der Waals surface area (Å²) < 4.78 is 54.5. The average Bonchev–Trinajstić information content (AvgIpc) is 3.08. The molecule has 47 heavy (non-hydrogen) atoms. The molecule has 0 aliphatic carbocycles. The number of aromatic nitrogens is 2. The molecule has 0 atom stereocenters. The van der Waals surface area contributed by atoms with E-state index in [0.717, 1.165) is 16.7 Å². The molecule has 2 amide bonds. The minimum Gasteiger partial charge on any atom is -0.495 e. The van der Waals surface area contributed by atoms with E-state index in [1.165, 1.54) is 29.9 Å². The van der Waals surface area contributed by atoms with E-state index in [1.807, 2.05) is 0 Å². The minimum absolute atomic E-state index is 0.0133. The first-order valence-electron chi connectivity index (χ1n) is 14.5. The van der Waals surface area contributed by atoms with Crippen LogP contribution in [0.4, 0.5) is 18.9 Å². The SMILES string of the molecule is COc1cc(Cn2c(=O)c3cc(OC(CF)CF)c(F)cc3n(C3CCN(C=O)CC3)c2=O)ccc1NC(=O)c1ccc(Cl)c(Cl)c1. The fourth-order valence-electron chi connectivity index (χ4n) is 5.45. The third-order valence-electron chi connectivity index (χ3n) is 7.91. The number of rotatable bonds is 11. The largest absolute Gasteiger partial charge is 0.495 e. The molecule has 248 valence electrons. The topological polar surface area (TPSA) is 112 Å². The van der Waals surface area contributed by atoms with Crippen molar-refractivity contribution in [2.75, 3.05) is 38.9 Å². The summed E-state index contributed by atoms with van der Waals surface area (Å²) >= 11 is 12.0. The van der Waals surface area contributed by atoms with Crippen molar-refractivity contribution in [2.24, 2.45) is 0 Å². The van der Waals surface area contributed by atoms with Crippen LogP contribution in [-0.2, 0) is 11.3 Å². The van der Waals surface area contributed by atoms with Crippen molar-refractivity contribution >= 4 is 52.1 Å².